The van der Waals surface area contributed by atoms with Gasteiger partial charge in [0.2, 0.25) is 0 Å². The molecule has 0 aliphatic carbocycles. The highest BCUT2D eigenvalue weighted by Crippen LogP contribution is 2.26. The lowest BCUT2D eigenvalue weighted by Gasteiger charge is -2.10. The molecule has 104 valence electrons. The first kappa shape index (κ1) is 15.2. The predicted octanol–water partition coefficient (Wildman–Crippen LogP) is 4.47. The molecule has 0 bridgehead atoms. The highest BCUT2D eigenvalue weighted by molar-refractivity contribution is 14.1. The second kappa shape index (κ2) is 6.53. The van der Waals surface area contributed by atoms with Crippen molar-refractivity contribution in [1.82, 2.24) is 0 Å². The molecule has 20 heavy (non-hydrogen) atoms. The number of aromatic carboxylic acids is 1. The van der Waals surface area contributed by atoms with Gasteiger partial charge in [-0.15, -0.1) is 0 Å². The number of benzene rings is 2. The van der Waals surface area contributed by atoms with Crippen LogP contribution >= 0.6 is 38.5 Å². The van der Waals surface area contributed by atoms with Crippen molar-refractivity contribution in [2.24, 2.45) is 0 Å². The summed E-state index contributed by atoms with van der Waals surface area (Å²) < 4.78 is 20.1. The van der Waals surface area contributed by atoms with Crippen molar-refractivity contribution in [3.8, 4) is 5.75 Å². The minimum absolute atomic E-state index is 0.150. The highest BCUT2D eigenvalue weighted by atomic mass is 127. The van der Waals surface area contributed by atoms with Gasteiger partial charge in [-0.2, -0.15) is 0 Å². The van der Waals surface area contributed by atoms with Gasteiger partial charge in [0.05, 0.1) is 13.6 Å². The number of carboxylic acid groups (broad SMARTS) is 1. The van der Waals surface area contributed by atoms with Crippen LogP contribution in [-0.4, -0.2) is 11.1 Å². The average molecular weight is 451 g/mol. The molecule has 3 nitrogen and oxygen atoms in total. The smallest absolute Gasteiger partial charge is 0.335 e. The first-order chi connectivity index (χ1) is 9.49. The number of carbonyl (C=O) groups is 1. The summed E-state index contributed by atoms with van der Waals surface area (Å²) in [6, 6.07) is 9.31. The molecule has 6 heteroatoms. The Labute approximate surface area is 137 Å². The molecule has 0 aliphatic rings. The van der Waals surface area contributed by atoms with E-state index in [1.54, 1.807) is 18.2 Å². The van der Waals surface area contributed by atoms with E-state index in [-0.39, 0.29) is 18.0 Å². The van der Waals surface area contributed by atoms with E-state index >= 15 is 0 Å². The van der Waals surface area contributed by atoms with Gasteiger partial charge in [-0.05, 0) is 62.8 Å². The molecule has 0 heterocycles. The zero-order chi connectivity index (χ0) is 14.7. The van der Waals surface area contributed by atoms with Gasteiger partial charge in [-0.1, -0.05) is 12.1 Å². The molecule has 0 atom stereocenters. The van der Waals surface area contributed by atoms with E-state index in [1.807, 2.05) is 0 Å². The predicted molar refractivity (Wildman–Crippen MR) is 84.6 cm³/mol. The molecule has 0 amide bonds. The standard InChI is InChI=1S/C14H9BrFIO3/c15-13-9(2-1-3-10(13)16)7-20-12-6-8(14(18)19)4-5-11(12)17/h1-6H,7H2,(H,18,19). The maximum Gasteiger partial charge on any atom is 0.335 e. The SMILES string of the molecule is O=C(O)c1ccc(I)c(OCc2cccc(F)c2Br)c1. The fourth-order valence-electron chi connectivity index (χ4n) is 1.56. The lowest BCUT2D eigenvalue weighted by atomic mass is 10.2. The quantitative estimate of drug-likeness (QED) is 0.699. The van der Waals surface area contributed by atoms with E-state index in [9.17, 15) is 9.18 Å². The normalized spacial score (nSPS) is 10.3. The summed E-state index contributed by atoms with van der Waals surface area (Å²) in [6.07, 6.45) is 0. The Morgan fingerprint density at radius 3 is 2.80 bits per heavy atom. The monoisotopic (exact) mass is 450 g/mol. The summed E-state index contributed by atoms with van der Waals surface area (Å²) in [7, 11) is 0. The van der Waals surface area contributed by atoms with Crippen molar-refractivity contribution in [2.45, 2.75) is 6.61 Å². The van der Waals surface area contributed by atoms with Gasteiger partial charge >= 0.3 is 5.97 Å². The minimum Gasteiger partial charge on any atom is -0.488 e. The van der Waals surface area contributed by atoms with Gasteiger partial charge in [-0.25, -0.2) is 9.18 Å². The van der Waals surface area contributed by atoms with Crippen molar-refractivity contribution in [3.63, 3.8) is 0 Å². The fraction of sp³-hybridized carbons (Fsp3) is 0.0714. The van der Waals surface area contributed by atoms with Crippen LogP contribution in [0.3, 0.4) is 0 Å². The van der Waals surface area contributed by atoms with Gasteiger partial charge in [-0.3, -0.25) is 0 Å². The Kier molecular flexibility index (Phi) is 4.98. The second-order valence-corrected chi connectivity index (χ2v) is 5.91. The molecule has 0 aromatic heterocycles. The molecule has 0 fully saturated rings. The summed E-state index contributed by atoms with van der Waals surface area (Å²) in [4.78, 5) is 10.9. The fourth-order valence-corrected chi connectivity index (χ4v) is 2.43. The number of hydrogen-bond donors (Lipinski definition) is 1. The lowest BCUT2D eigenvalue weighted by Crippen LogP contribution is -2.02. The summed E-state index contributed by atoms with van der Waals surface area (Å²) in [5.41, 5.74) is 0.806. The summed E-state index contributed by atoms with van der Waals surface area (Å²) in [5.74, 6) is -0.917. The van der Waals surface area contributed by atoms with E-state index < -0.39 is 5.97 Å². The van der Waals surface area contributed by atoms with Gasteiger partial charge < -0.3 is 9.84 Å². The lowest BCUT2D eigenvalue weighted by molar-refractivity contribution is 0.0696. The maximum atomic E-state index is 13.4. The molecule has 0 spiro atoms. The van der Waals surface area contributed by atoms with E-state index in [2.05, 4.69) is 38.5 Å². The van der Waals surface area contributed by atoms with Crippen LogP contribution in [0.1, 0.15) is 15.9 Å². The molecule has 2 aromatic carbocycles. The van der Waals surface area contributed by atoms with Crippen LogP contribution < -0.4 is 4.74 Å². The highest BCUT2D eigenvalue weighted by Gasteiger charge is 2.10. The van der Waals surface area contributed by atoms with Gasteiger partial charge in [0.15, 0.2) is 0 Å². The molecule has 2 aromatic rings. The van der Waals surface area contributed by atoms with Gasteiger partial charge in [0.25, 0.3) is 0 Å². The zero-order valence-electron chi connectivity index (χ0n) is 10.1. The molecule has 0 radical (unpaired) electrons. The van der Waals surface area contributed by atoms with Crippen LogP contribution in [0.25, 0.3) is 0 Å². The molecule has 0 unspecified atom stereocenters. The van der Waals surface area contributed by atoms with Gasteiger partial charge in [0.1, 0.15) is 18.2 Å². The zero-order valence-corrected chi connectivity index (χ0v) is 13.8. The molecule has 0 saturated carbocycles. The average Bonchev–Trinajstić information content (AvgIpc) is 2.41. The largest absolute Gasteiger partial charge is 0.488 e. The third kappa shape index (κ3) is 3.49. The minimum atomic E-state index is -1.02. The van der Waals surface area contributed by atoms with Gasteiger partial charge in [0, 0.05) is 5.56 Å². The topological polar surface area (TPSA) is 46.5 Å². The van der Waals surface area contributed by atoms with Crippen molar-refractivity contribution in [2.75, 3.05) is 0 Å². The van der Waals surface area contributed by atoms with Crippen LogP contribution in [0.5, 0.6) is 5.75 Å². The van der Waals surface area contributed by atoms with Crippen LogP contribution in [0.4, 0.5) is 4.39 Å². The van der Waals surface area contributed by atoms with Crippen molar-refractivity contribution >= 4 is 44.5 Å². The molecular formula is C14H9BrFIO3. The summed E-state index contributed by atoms with van der Waals surface area (Å²) in [6.45, 7) is 0.150. The summed E-state index contributed by atoms with van der Waals surface area (Å²) >= 11 is 5.21. The number of carboxylic acids is 1. The summed E-state index contributed by atoms with van der Waals surface area (Å²) in [5, 5.41) is 8.95. The Balaban J connectivity index is 2.20. The maximum absolute atomic E-state index is 13.4. The van der Waals surface area contributed by atoms with Crippen LogP contribution in [0.15, 0.2) is 40.9 Å². The third-order valence-corrected chi connectivity index (χ3v) is 4.37. The van der Waals surface area contributed by atoms with Crippen molar-refractivity contribution in [3.05, 3.63) is 61.4 Å². The van der Waals surface area contributed by atoms with E-state index in [0.717, 1.165) is 3.57 Å². The van der Waals surface area contributed by atoms with Crippen molar-refractivity contribution in [1.29, 1.82) is 0 Å². The van der Waals surface area contributed by atoms with E-state index in [0.29, 0.717) is 15.8 Å². The Hall–Kier alpha value is -1.15. The van der Waals surface area contributed by atoms with Crippen molar-refractivity contribution < 1.29 is 19.0 Å². The van der Waals surface area contributed by atoms with E-state index in [4.69, 9.17) is 9.84 Å². The molecule has 0 aliphatic heterocycles. The molecule has 1 N–H and O–H groups in total. The molecular weight excluding hydrogens is 442 g/mol. The third-order valence-electron chi connectivity index (χ3n) is 2.59. The Morgan fingerprint density at radius 1 is 1.35 bits per heavy atom. The second-order valence-electron chi connectivity index (χ2n) is 3.95. The molecule has 0 saturated heterocycles. The number of ether oxygens (including phenoxy) is 1. The molecule has 2 rings (SSSR count). The number of hydrogen-bond acceptors (Lipinski definition) is 2. The first-order valence-electron chi connectivity index (χ1n) is 5.57. The van der Waals surface area contributed by atoms with Crippen LogP contribution in [-0.2, 0) is 6.61 Å². The number of rotatable bonds is 4. The van der Waals surface area contributed by atoms with Crippen LogP contribution in [0.2, 0.25) is 0 Å². The van der Waals surface area contributed by atoms with E-state index in [1.165, 1.54) is 18.2 Å². The van der Waals surface area contributed by atoms with Crippen LogP contribution in [0, 0.1) is 9.39 Å². The Bertz CT molecular complexity index is 661. The first-order valence-corrected chi connectivity index (χ1v) is 7.44. The Morgan fingerprint density at radius 2 is 2.10 bits per heavy atom. The number of halogens is 3.